The average Bonchev–Trinajstić information content (AvgIpc) is 4.14. The van der Waals surface area contributed by atoms with E-state index in [-0.39, 0.29) is 54.3 Å². The third-order valence-corrected chi connectivity index (χ3v) is 13.6. The first-order valence-electron chi connectivity index (χ1n) is 27.0. The predicted molar refractivity (Wildman–Crippen MR) is 291 cm³/mol. The number of aromatic nitrogens is 4. The molecule has 80 heavy (non-hydrogen) atoms. The number of rotatable bonds is 30. The van der Waals surface area contributed by atoms with Gasteiger partial charge in [0.05, 0.1) is 82.5 Å². The van der Waals surface area contributed by atoms with Gasteiger partial charge in [-0.3, -0.25) is 24.3 Å². The maximum absolute atomic E-state index is 14.7. The highest BCUT2D eigenvalue weighted by Crippen LogP contribution is 2.33. The van der Waals surface area contributed by atoms with Gasteiger partial charge in [-0.15, -0.1) is 0 Å². The molecule has 24 heteroatoms. The molecule has 4 atom stereocenters. The Morgan fingerprint density at radius 1 is 0.875 bits per heavy atom. The first kappa shape index (κ1) is 60.7. The van der Waals surface area contributed by atoms with Crippen LogP contribution in [0.4, 0.5) is 24.7 Å². The second kappa shape index (κ2) is 29.5. The molecule has 2 aromatic carbocycles. The number of H-pyrrole nitrogens is 1. The van der Waals surface area contributed by atoms with Gasteiger partial charge in [0.1, 0.15) is 43.1 Å². The van der Waals surface area contributed by atoms with E-state index in [1.807, 2.05) is 51.1 Å². The maximum atomic E-state index is 14.7. The molecule has 7 rings (SSSR count). The molecule has 0 spiro atoms. The lowest BCUT2D eigenvalue weighted by Gasteiger charge is -2.41. The minimum Gasteiger partial charge on any atom is -0.491 e. The monoisotopic (exact) mass is 1120 g/mol. The standard InChI is InChI=1S/C56H74F3N11O10/c1-36(60-5)50(71)68-49(55(2,3)4)54(74)70-33-40-29-41(14-13-38(40)30-47(70)52(73)65-43-12-8-10-37-9-6-7-11-42(37)43)79-28-27-78-26-25-77-24-23-76-22-21-75-20-19-61-17-16-44-45(32-64-69-44)66-51(72)46-34-80-53(67-46)39-15-18-62-48(31-39)63-35-56(57,58)59/h6-7,9,11,13-15,18,29,31-32,34,36,43,47,49,60-61H,8,10,12,16-17,19-28,30,33,35H2,1-5H3,(H,62,63)(H,64,69)(H,65,73)(H,66,72)(H,68,71)/t36-,43+,47-,49+/m0/s1. The number of anilines is 2. The fraction of sp³-hybridized carbons (Fsp3) is 0.518. The number of ether oxygens (including phenoxy) is 5. The third-order valence-electron chi connectivity index (χ3n) is 13.6. The van der Waals surface area contributed by atoms with Gasteiger partial charge in [-0.2, -0.15) is 18.3 Å². The van der Waals surface area contributed by atoms with Crippen molar-refractivity contribution in [2.75, 3.05) is 96.8 Å². The lowest BCUT2D eigenvalue weighted by atomic mass is 9.83. The molecule has 7 N–H and O–H groups in total. The number of hydrogen-bond donors (Lipinski definition) is 7. The number of hydrogen-bond acceptors (Lipinski definition) is 16. The Morgan fingerprint density at radius 3 is 2.33 bits per heavy atom. The van der Waals surface area contributed by atoms with Crippen LogP contribution in [-0.2, 0) is 59.1 Å². The molecule has 2 aliphatic rings. The van der Waals surface area contributed by atoms with Gasteiger partial charge in [0.25, 0.3) is 5.91 Å². The third kappa shape index (κ3) is 18.0. The highest BCUT2D eigenvalue weighted by Gasteiger charge is 2.43. The number of amides is 4. The van der Waals surface area contributed by atoms with Crippen LogP contribution in [0, 0.1) is 5.41 Å². The summed E-state index contributed by atoms with van der Waals surface area (Å²) in [6, 6.07) is 14.4. The van der Waals surface area contributed by atoms with E-state index in [2.05, 4.69) is 64.2 Å². The summed E-state index contributed by atoms with van der Waals surface area (Å²) in [5.41, 5.74) is 4.95. The number of oxazole rings is 1. The number of aromatic amines is 1. The van der Waals surface area contributed by atoms with Gasteiger partial charge in [0.2, 0.25) is 23.6 Å². The van der Waals surface area contributed by atoms with E-state index >= 15 is 0 Å². The highest BCUT2D eigenvalue weighted by molar-refractivity contribution is 6.03. The Bertz CT molecular complexity index is 2800. The molecular formula is C56H74F3N11O10. The van der Waals surface area contributed by atoms with Gasteiger partial charge in [0, 0.05) is 44.2 Å². The van der Waals surface area contributed by atoms with Crippen LogP contribution < -0.4 is 36.6 Å². The van der Waals surface area contributed by atoms with Crippen molar-refractivity contribution in [3.05, 3.63) is 107 Å². The first-order chi connectivity index (χ1) is 38.5. The van der Waals surface area contributed by atoms with Crippen molar-refractivity contribution in [1.29, 1.82) is 0 Å². The van der Waals surface area contributed by atoms with Crippen LogP contribution in [0.5, 0.6) is 5.75 Å². The number of halogens is 3. The molecule has 434 valence electrons. The van der Waals surface area contributed by atoms with Crippen molar-refractivity contribution in [2.45, 2.75) is 96.7 Å². The van der Waals surface area contributed by atoms with Crippen LogP contribution in [0.1, 0.15) is 85.0 Å². The van der Waals surface area contributed by atoms with Crippen LogP contribution >= 0.6 is 0 Å². The van der Waals surface area contributed by atoms with Gasteiger partial charge >= 0.3 is 6.18 Å². The number of pyridine rings is 1. The number of aryl methyl sites for hydroxylation is 1. The van der Waals surface area contributed by atoms with Gasteiger partial charge < -0.3 is 64.9 Å². The Balaban J connectivity index is 0.742. The van der Waals surface area contributed by atoms with Crippen LogP contribution in [0.3, 0.4) is 0 Å². The summed E-state index contributed by atoms with van der Waals surface area (Å²) in [5.74, 6) is -0.774. The van der Waals surface area contributed by atoms with E-state index in [0.29, 0.717) is 101 Å². The van der Waals surface area contributed by atoms with E-state index in [9.17, 15) is 32.3 Å². The Hall–Kier alpha value is -6.96. The van der Waals surface area contributed by atoms with Crippen LogP contribution in [0.15, 0.2) is 77.7 Å². The molecular weight excluding hydrogens is 1040 g/mol. The number of carbonyl (C=O) groups excluding carboxylic acids is 4. The molecule has 0 unspecified atom stereocenters. The van der Waals surface area contributed by atoms with Crippen LogP contribution in [0.25, 0.3) is 11.5 Å². The molecule has 4 heterocycles. The van der Waals surface area contributed by atoms with E-state index in [1.165, 1.54) is 30.1 Å². The normalized spacial score (nSPS) is 16.0. The number of nitrogens with one attached hydrogen (secondary N) is 7. The molecule has 0 radical (unpaired) electrons. The second-order valence-corrected chi connectivity index (χ2v) is 20.5. The number of alkyl halides is 3. The zero-order valence-corrected chi connectivity index (χ0v) is 46.0. The van der Waals surface area contributed by atoms with E-state index in [0.717, 1.165) is 42.2 Å². The summed E-state index contributed by atoms with van der Waals surface area (Å²) < 4.78 is 72.0. The molecule has 0 saturated carbocycles. The molecule has 0 bridgehead atoms. The molecule has 0 saturated heterocycles. The van der Waals surface area contributed by atoms with Crippen molar-refractivity contribution in [2.24, 2.45) is 5.41 Å². The summed E-state index contributed by atoms with van der Waals surface area (Å²) in [7, 11) is 1.69. The maximum Gasteiger partial charge on any atom is 0.405 e. The van der Waals surface area contributed by atoms with Crippen molar-refractivity contribution in [3.8, 4) is 17.2 Å². The van der Waals surface area contributed by atoms with Gasteiger partial charge in [0.15, 0.2) is 5.69 Å². The zero-order chi connectivity index (χ0) is 57.1. The number of nitrogens with zero attached hydrogens (tertiary/aromatic N) is 4. The smallest absolute Gasteiger partial charge is 0.405 e. The number of fused-ring (bicyclic) bond motifs is 2. The van der Waals surface area contributed by atoms with Crippen LogP contribution in [0.2, 0.25) is 0 Å². The lowest BCUT2D eigenvalue weighted by Crippen LogP contribution is -2.62. The van der Waals surface area contributed by atoms with Gasteiger partial charge in [-0.25, -0.2) is 9.97 Å². The summed E-state index contributed by atoms with van der Waals surface area (Å²) in [4.78, 5) is 64.8. The SMILES string of the molecule is CN[C@@H](C)C(=O)N[C@H](C(=O)N1Cc2cc(OCCOCCOCCOCCOCCNCCc3[nH]ncc3NC(=O)c3coc(-c4ccnc(NCC(F)(F)F)c4)n3)ccc2C[C@H]1C(=O)N[C@@H]1CCCc2ccccc21)C(C)(C)C. The van der Waals surface area contributed by atoms with E-state index < -0.39 is 42.2 Å². The predicted octanol–water partition coefficient (Wildman–Crippen LogP) is 5.55. The fourth-order valence-electron chi connectivity index (χ4n) is 9.12. The topological polar surface area (TPSA) is 257 Å². The highest BCUT2D eigenvalue weighted by atomic mass is 19.4. The number of benzene rings is 2. The molecule has 1 aliphatic carbocycles. The largest absolute Gasteiger partial charge is 0.491 e. The fourth-order valence-corrected chi connectivity index (χ4v) is 9.12. The van der Waals surface area contributed by atoms with Gasteiger partial charge in [-0.1, -0.05) is 51.1 Å². The molecule has 5 aromatic rings. The Kier molecular flexibility index (Phi) is 22.4. The van der Waals surface area contributed by atoms with E-state index in [1.54, 1.807) is 18.9 Å². The van der Waals surface area contributed by atoms with Gasteiger partial charge in [-0.05, 0) is 85.2 Å². The average molecular weight is 1120 g/mol. The number of carbonyl (C=O) groups is 4. The van der Waals surface area contributed by atoms with Crippen LogP contribution in [-0.4, -0.2) is 159 Å². The second-order valence-electron chi connectivity index (χ2n) is 20.5. The Labute approximate surface area is 463 Å². The molecule has 3 aromatic heterocycles. The molecule has 1 aliphatic heterocycles. The molecule has 21 nitrogen and oxygen atoms in total. The minimum absolute atomic E-state index is 0.0197. The molecule has 4 amide bonds. The first-order valence-corrected chi connectivity index (χ1v) is 27.0. The number of likely N-dealkylation sites (N-methyl/N-ethyl adjacent to an activating group) is 1. The quantitative estimate of drug-likeness (QED) is 0.0278. The summed E-state index contributed by atoms with van der Waals surface area (Å²) in [6.07, 6.45) is 3.08. The van der Waals surface area contributed by atoms with Crippen molar-refractivity contribution in [3.63, 3.8) is 0 Å². The lowest BCUT2D eigenvalue weighted by molar-refractivity contribution is -0.147. The van der Waals surface area contributed by atoms with E-state index in [4.69, 9.17) is 28.1 Å². The minimum atomic E-state index is -4.42. The summed E-state index contributed by atoms with van der Waals surface area (Å²) in [5, 5.41) is 24.3. The zero-order valence-electron chi connectivity index (χ0n) is 46.0. The van der Waals surface area contributed by atoms with Crippen molar-refractivity contribution >= 4 is 35.1 Å². The van der Waals surface area contributed by atoms with Crippen molar-refractivity contribution in [1.82, 2.24) is 46.3 Å². The van der Waals surface area contributed by atoms with Crippen molar-refractivity contribution < 1.29 is 60.5 Å². The summed E-state index contributed by atoms with van der Waals surface area (Å²) in [6.45, 7) is 10.9. The molecule has 0 fully saturated rings. The Morgan fingerprint density at radius 2 is 1.60 bits per heavy atom. The summed E-state index contributed by atoms with van der Waals surface area (Å²) >= 11 is 0.